The molecule has 2 heterocycles. The Morgan fingerprint density at radius 2 is 1.82 bits per heavy atom. The lowest BCUT2D eigenvalue weighted by atomic mass is 9.95. The van der Waals surface area contributed by atoms with Gasteiger partial charge in [-0.3, -0.25) is 9.78 Å². The first-order valence-corrected chi connectivity index (χ1v) is 10.8. The normalized spacial score (nSPS) is 11.7. The predicted molar refractivity (Wildman–Crippen MR) is 126 cm³/mol. The first-order chi connectivity index (χ1) is 16.0. The number of amides is 1. The van der Waals surface area contributed by atoms with Crippen LogP contribution in [0.2, 0.25) is 0 Å². The van der Waals surface area contributed by atoms with Gasteiger partial charge in [-0.25, -0.2) is 0 Å². The smallest absolute Gasteiger partial charge is 0.251 e. The second-order valence-corrected chi connectivity index (χ2v) is 8.21. The first-order valence-electron chi connectivity index (χ1n) is 10.8. The van der Waals surface area contributed by atoms with Gasteiger partial charge in [0.15, 0.2) is 0 Å². The average molecular weight is 437 g/mol. The Kier molecular flexibility index (Phi) is 6.32. The zero-order chi connectivity index (χ0) is 23.4. The Balaban J connectivity index is 1.77. The van der Waals surface area contributed by atoms with Gasteiger partial charge in [0.25, 0.3) is 5.91 Å². The highest BCUT2D eigenvalue weighted by Crippen LogP contribution is 2.31. The van der Waals surface area contributed by atoms with Crippen LogP contribution in [0, 0.1) is 11.3 Å². The Morgan fingerprint density at radius 1 is 1.03 bits per heavy atom. The van der Waals surface area contributed by atoms with E-state index in [1.165, 1.54) is 0 Å². The minimum absolute atomic E-state index is 0.192. The lowest BCUT2D eigenvalue weighted by Gasteiger charge is -2.15. The van der Waals surface area contributed by atoms with Crippen molar-refractivity contribution >= 4 is 5.91 Å². The van der Waals surface area contributed by atoms with Crippen molar-refractivity contribution in [2.75, 3.05) is 0 Å². The van der Waals surface area contributed by atoms with Gasteiger partial charge < -0.3 is 9.84 Å². The molecule has 0 saturated carbocycles. The van der Waals surface area contributed by atoms with Gasteiger partial charge in [0.2, 0.25) is 0 Å². The maximum absolute atomic E-state index is 13.2. The second-order valence-electron chi connectivity index (χ2n) is 8.21. The molecule has 164 valence electrons. The number of nitriles is 1. The van der Waals surface area contributed by atoms with Gasteiger partial charge in [0, 0.05) is 35.5 Å². The van der Waals surface area contributed by atoms with Crippen LogP contribution in [0.15, 0.2) is 77.6 Å². The monoisotopic (exact) mass is 436 g/mol. The number of hydrogen-bond acceptors (Lipinski definition) is 5. The fourth-order valence-corrected chi connectivity index (χ4v) is 3.59. The molecule has 2 aromatic carbocycles. The first kappa shape index (κ1) is 22.0. The molecule has 1 N–H and O–H groups in total. The summed E-state index contributed by atoms with van der Waals surface area (Å²) < 4.78 is 5.48. The molecule has 0 aliphatic heterocycles. The molecule has 2 aromatic heterocycles. The zero-order valence-electron chi connectivity index (χ0n) is 18.7. The molecule has 4 rings (SSSR count). The largest absolute Gasteiger partial charge is 0.361 e. The molecule has 1 atom stereocenters. The van der Waals surface area contributed by atoms with Crippen LogP contribution in [-0.2, 0) is 0 Å². The number of carbonyl (C=O) groups excluding carboxylic acids is 1. The van der Waals surface area contributed by atoms with E-state index in [1.54, 1.807) is 30.6 Å². The third-order valence-electron chi connectivity index (χ3n) is 5.48. The molecular weight excluding hydrogens is 412 g/mol. The molecule has 6 heteroatoms. The fraction of sp³-hybridized carbons (Fsp3) is 0.185. The highest BCUT2D eigenvalue weighted by Gasteiger charge is 2.17. The highest BCUT2D eigenvalue weighted by molar-refractivity contribution is 5.97. The summed E-state index contributed by atoms with van der Waals surface area (Å²) >= 11 is 0. The van der Waals surface area contributed by atoms with Crippen molar-refractivity contribution in [3.63, 3.8) is 0 Å². The quantitative estimate of drug-likeness (QED) is 0.407. The Morgan fingerprint density at radius 3 is 2.52 bits per heavy atom. The van der Waals surface area contributed by atoms with Gasteiger partial charge in [0.1, 0.15) is 11.5 Å². The van der Waals surface area contributed by atoms with Gasteiger partial charge in [-0.2, -0.15) is 5.26 Å². The molecule has 0 saturated heterocycles. The molecule has 0 bridgehead atoms. The SMILES string of the molecule is CC(C)c1cc(-c2cc(C(=O)NC(C)c3cccnc3)cc(-c3ccccc3C#N)c2)no1. The maximum Gasteiger partial charge on any atom is 0.251 e. The van der Waals surface area contributed by atoms with Gasteiger partial charge in [-0.1, -0.05) is 43.3 Å². The Labute approximate surface area is 192 Å². The molecule has 1 amide bonds. The van der Waals surface area contributed by atoms with Crippen LogP contribution in [0.25, 0.3) is 22.4 Å². The number of nitrogens with one attached hydrogen (secondary N) is 1. The van der Waals surface area contributed by atoms with Crippen LogP contribution >= 0.6 is 0 Å². The standard InChI is InChI=1S/C27H24N4O2/c1-17(2)26-14-25(31-33-26)22-11-21(24-9-5-4-7-19(24)15-28)12-23(13-22)27(32)30-18(3)20-8-6-10-29-16-20/h4-14,16-18H,1-3H3,(H,30,32). The predicted octanol–water partition coefficient (Wildman–Crippen LogP) is 5.89. The Hall–Kier alpha value is -4.24. The van der Waals surface area contributed by atoms with Crippen LogP contribution in [0.1, 0.15) is 60.0 Å². The minimum atomic E-state index is -0.225. The summed E-state index contributed by atoms with van der Waals surface area (Å²) in [5, 5.41) is 16.8. The number of rotatable bonds is 6. The van der Waals surface area contributed by atoms with Gasteiger partial charge in [-0.05, 0) is 53.9 Å². The van der Waals surface area contributed by atoms with Gasteiger partial charge >= 0.3 is 0 Å². The zero-order valence-corrected chi connectivity index (χ0v) is 18.7. The van der Waals surface area contributed by atoms with E-state index in [1.807, 2.05) is 63.2 Å². The molecule has 0 aliphatic rings. The number of carbonyl (C=O) groups is 1. The number of pyridine rings is 1. The lowest BCUT2D eigenvalue weighted by molar-refractivity contribution is 0.0940. The maximum atomic E-state index is 13.2. The molecule has 0 fully saturated rings. The van der Waals surface area contributed by atoms with Gasteiger partial charge in [0.05, 0.1) is 17.7 Å². The van der Waals surface area contributed by atoms with E-state index in [9.17, 15) is 10.1 Å². The van der Waals surface area contributed by atoms with Crippen molar-refractivity contribution in [1.29, 1.82) is 5.26 Å². The Bertz CT molecular complexity index is 1320. The second kappa shape index (κ2) is 9.49. The van der Waals surface area contributed by atoms with E-state index in [0.717, 1.165) is 28.0 Å². The minimum Gasteiger partial charge on any atom is -0.361 e. The van der Waals surface area contributed by atoms with Crippen molar-refractivity contribution < 1.29 is 9.32 Å². The fourth-order valence-electron chi connectivity index (χ4n) is 3.59. The van der Waals surface area contributed by atoms with Crippen molar-refractivity contribution in [3.8, 4) is 28.5 Å². The third-order valence-corrected chi connectivity index (χ3v) is 5.48. The molecule has 6 nitrogen and oxygen atoms in total. The summed E-state index contributed by atoms with van der Waals surface area (Å²) in [7, 11) is 0. The summed E-state index contributed by atoms with van der Waals surface area (Å²) in [5.74, 6) is 0.734. The van der Waals surface area contributed by atoms with Crippen LogP contribution in [0.5, 0.6) is 0 Å². The molecule has 4 aromatic rings. The molecule has 0 radical (unpaired) electrons. The summed E-state index contributed by atoms with van der Waals surface area (Å²) in [5.41, 5.74) is 4.82. The highest BCUT2D eigenvalue weighted by atomic mass is 16.5. The lowest BCUT2D eigenvalue weighted by Crippen LogP contribution is -2.26. The van der Waals surface area contributed by atoms with Gasteiger partial charge in [-0.15, -0.1) is 0 Å². The van der Waals surface area contributed by atoms with Crippen molar-refractivity contribution in [2.24, 2.45) is 0 Å². The molecule has 0 aliphatic carbocycles. The number of nitrogens with zero attached hydrogens (tertiary/aromatic N) is 3. The summed E-state index contributed by atoms with van der Waals surface area (Å²) in [4.78, 5) is 17.4. The topological polar surface area (TPSA) is 91.8 Å². The van der Waals surface area contributed by atoms with E-state index in [-0.39, 0.29) is 17.9 Å². The van der Waals surface area contributed by atoms with Crippen LogP contribution < -0.4 is 5.32 Å². The number of benzene rings is 2. The summed E-state index contributed by atoms with van der Waals surface area (Å²) in [6, 6.07) is 20.5. The summed E-state index contributed by atoms with van der Waals surface area (Å²) in [6.45, 7) is 5.97. The van der Waals surface area contributed by atoms with E-state index in [4.69, 9.17) is 4.52 Å². The molecule has 0 spiro atoms. The van der Waals surface area contributed by atoms with E-state index >= 15 is 0 Å². The van der Waals surface area contributed by atoms with Crippen LogP contribution in [-0.4, -0.2) is 16.0 Å². The third kappa shape index (κ3) is 4.83. The van der Waals surface area contributed by atoms with Crippen LogP contribution in [0.3, 0.4) is 0 Å². The van der Waals surface area contributed by atoms with E-state index in [2.05, 4.69) is 21.5 Å². The average Bonchev–Trinajstić information content (AvgIpc) is 3.35. The van der Waals surface area contributed by atoms with E-state index in [0.29, 0.717) is 16.8 Å². The molecule has 33 heavy (non-hydrogen) atoms. The van der Waals surface area contributed by atoms with E-state index < -0.39 is 0 Å². The number of aromatic nitrogens is 2. The molecular formula is C27H24N4O2. The van der Waals surface area contributed by atoms with Crippen molar-refractivity contribution in [2.45, 2.75) is 32.7 Å². The number of hydrogen-bond donors (Lipinski definition) is 1. The summed E-state index contributed by atoms with van der Waals surface area (Å²) in [6.07, 6.45) is 3.43. The van der Waals surface area contributed by atoms with Crippen molar-refractivity contribution in [1.82, 2.24) is 15.5 Å². The van der Waals surface area contributed by atoms with Crippen LogP contribution in [0.4, 0.5) is 0 Å². The molecule has 1 unspecified atom stereocenters. The van der Waals surface area contributed by atoms with Crippen molar-refractivity contribution in [3.05, 3.63) is 95.5 Å².